The van der Waals surface area contributed by atoms with E-state index in [9.17, 15) is 0 Å². The Morgan fingerprint density at radius 2 is 1.75 bits per heavy atom. The Kier molecular flexibility index (Phi) is 1.45. The molecule has 0 aromatic carbocycles. The highest BCUT2D eigenvalue weighted by molar-refractivity contribution is 5.17. The van der Waals surface area contributed by atoms with Gasteiger partial charge in [-0.3, -0.25) is 0 Å². The van der Waals surface area contributed by atoms with E-state index in [1.165, 1.54) is 12.8 Å². The molecule has 2 aliphatic carbocycles. The summed E-state index contributed by atoms with van der Waals surface area (Å²) < 4.78 is 0. The number of nitrogens with two attached hydrogens (primary N) is 2. The van der Waals surface area contributed by atoms with Crippen LogP contribution < -0.4 is 11.5 Å². The lowest BCUT2D eigenvalue weighted by Crippen LogP contribution is -2.50. The fourth-order valence-electron chi connectivity index (χ4n) is 3.51. The van der Waals surface area contributed by atoms with Crippen LogP contribution in [0.4, 0.5) is 0 Å². The van der Waals surface area contributed by atoms with Crippen LogP contribution >= 0.6 is 0 Å². The molecular formula is C10H20N2. The molecule has 2 bridgehead atoms. The first-order valence-electron chi connectivity index (χ1n) is 4.92. The molecule has 4 atom stereocenters. The van der Waals surface area contributed by atoms with Crippen LogP contribution in [0.25, 0.3) is 0 Å². The SMILES string of the molecule is CC1(C)[C@@H]2CC[C@]1(C)[C@H](N)[C@@H]2N. The summed E-state index contributed by atoms with van der Waals surface area (Å²) in [6.45, 7) is 6.97. The highest BCUT2D eigenvalue weighted by Gasteiger charge is 2.63. The van der Waals surface area contributed by atoms with E-state index in [1.54, 1.807) is 0 Å². The van der Waals surface area contributed by atoms with Gasteiger partial charge in [0.2, 0.25) is 0 Å². The molecule has 2 nitrogen and oxygen atoms in total. The molecule has 2 fully saturated rings. The van der Waals surface area contributed by atoms with E-state index in [0.29, 0.717) is 11.3 Å². The van der Waals surface area contributed by atoms with Crippen molar-refractivity contribution in [2.45, 2.75) is 45.7 Å². The van der Waals surface area contributed by atoms with Crippen LogP contribution in [0.15, 0.2) is 0 Å². The third-order valence-electron chi connectivity index (χ3n) is 4.99. The van der Waals surface area contributed by atoms with Crippen LogP contribution in [0.3, 0.4) is 0 Å². The van der Waals surface area contributed by atoms with E-state index in [-0.39, 0.29) is 17.5 Å². The van der Waals surface area contributed by atoms with E-state index < -0.39 is 0 Å². The maximum Gasteiger partial charge on any atom is 0.0255 e. The fraction of sp³-hybridized carbons (Fsp3) is 1.00. The van der Waals surface area contributed by atoms with Crippen molar-refractivity contribution in [3.05, 3.63) is 0 Å². The van der Waals surface area contributed by atoms with Crippen LogP contribution in [0.2, 0.25) is 0 Å². The predicted molar refractivity (Wildman–Crippen MR) is 50.6 cm³/mol. The smallest absolute Gasteiger partial charge is 0.0255 e. The zero-order chi connectivity index (χ0) is 9.15. The molecule has 0 aromatic rings. The molecule has 0 amide bonds. The molecule has 2 saturated carbocycles. The second kappa shape index (κ2) is 2.05. The van der Waals surface area contributed by atoms with E-state index >= 15 is 0 Å². The molecule has 4 N–H and O–H groups in total. The van der Waals surface area contributed by atoms with Crippen LogP contribution in [0.5, 0.6) is 0 Å². The lowest BCUT2D eigenvalue weighted by Gasteiger charge is -2.37. The highest BCUT2D eigenvalue weighted by atomic mass is 14.9. The zero-order valence-electron chi connectivity index (χ0n) is 8.30. The van der Waals surface area contributed by atoms with Gasteiger partial charge in [0, 0.05) is 12.1 Å². The number of hydrogen-bond donors (Lipinski definition) is 2. The molecule has 0 spiro atoms. The Morgan fingerprint density at radius 1 is 1.17 bits per heavy atom. The second-order valence-electron chi connectivity index (χ2n) is 5.39. The second-order valence-corrected chi connectivity index (χ2v) is 5.39. The monoisotopic (exact) mass is 168 g/mol. The molecule has 0 aliphatic heterocycles. The molecule has 70 valence electrons. The Balaban J connectivity index is 2.44. The van der Waals surface area contributed by atoms with Gasteiger partial charge in [0.25, 0.3) is 0 Å². The Hall–Kier alpha value is -0.0800. The van der Waals surface area contributed by atoms with Crippen LogP contribution in [-0.2, 0) is 0 Å². The summed E-state index contributed by atoms with van der Waals surface area (Å²) in [7, 11) is 0. The summed E-state index contributed by atoms with van der Waals surface area (Å²) in [6, 6.07) is 0.449. The largest absolute Gasteiger partial charge is 0.326 e. The normalized spacial score (nSPS) is 56.2. The fourth-order valence-corrected chi connectivity index (χ4v) is 3.51. The van der Waals surface area contributed by atoms with E-state index in [0.717, 1.165) is 0 Å². The molecule has 0 unspecified atom stereocenters. The van der Waals surface area contributed by atoms with E-state index in [1.807, 2.05) is 0 Å². The number of fused-ring (bicyclic) bond motifs is 2. The molecule has 0 heterocycles. The molecule has 2 heteroatoms. The molecule has 0 aromatic heterocycles. The summed E-state index contributed by atoms with van der Waals surface area (Å²) in [6.07, 6.45) is 2.54. The Labute approximate surface area is 74.7 Å². The van der Waals surface area contributed by atoms with Gasteiger partial charge in [0.15, 0.2) is 0 Å². The minimum Gasteiger partial charge on any atom is -0.326 e. The van der Waals surface area contributed by atoms with Crippen molar-refractivity contribution in [1.82, 2.24) is 0 Å². The van der Waals surface area contributed by atoms with E-state index in [2.05, 4.69) is 20.8 Å². The van der Waals surface area contributed by atoms with Crippen molar-refractivity contribution in [3.63, 3.8) is 0 Å². The van der Waals surface area contributed by atoms with Crippen molar-refractivity contribution in [1.29, 1.82) is 0 Å². The Bertz CT molecular complexity index is 212. The van der Waals surface area contributed by atoms with Crippen molar-refractivity contribution in [2.75, 3.05) is 0 Å². The van der Waals surface area contributed by atoms with Gasteiger partial charge in [-0.1, -0.05) is 20.8 Å². The van der Waals surface area contributed by atoms with Crippen molar-refractivity contribution in [3.8, 4) is 0 Å². The van der Waals surface area contributed by atoms with Gasteiger partial charge in [-0.15, -0.1) is 0 Å². The Morgan fingerprint density at radius 3 is 2.00 bits per heavy atom. The first-order valence-corrected chi connectivity index (χ1v) is 4.92. The van der Waals surface area contributed by atoms with Gasteiger partial charge >= 0.3 is 0 Å². The minimum atomic E-state index is 0.214. The van der Waals surface area contributed by atoms with Crippen LogP contribution in [0.1, 0.15) is 33.6 Å². The molecule has 2 aliphatic rings. The van der Waals surface area contributed by atoms with Gasteiger partial charge in [0.1, 0.15) is 0 Å². The van der Waals surface area contributed by atoms with Gasteiger partial charge in [-0.05, 0) is 29.6 Å². The minimum absolute atomic E-state index is 0.214. The summed E-state index contributed by atoms with van der Waals surface area (Å²) >= 11 is 0. The average molecular weight is 168 g/mol. The number of rotatable bonds is 0. The topological polar surface area (TPSA) is 52.0 Å². The molecular weight excluding hydrogens is 148 g/mol. The zero-order valence-corrected chi connectivity index (χ0v) is 8.30. The summed E-state index contributed by atoms with van der Waals surface area (Å²) in [5, 5.41) is 0. The van der Waals surface area contributed by atoms with Gasteiger partial charge in [-0.2, -0.15) is 0 Å². The molecule has 2 rings (SSSR count). The maximum absolute atomic E-state index is 6.15. The van der Waals surface area contributed by atoms with Gasteiger partial charge in [0.05, 0.1) is 0 Å². The first kappa shape index (κ1) is 8.52. The molecule has 0 radical (unpaired) electrons. The summed E-state index contributed by atoms with van der Waals surface area (Å²) in [5.74, 6) is 0.650. The van der Waals surface area contributed by atoms with Gasteiger partial charge in [-0.25, -0.2) is 0 Å². The summed E-state index contributed by atoms with van der Waals surface area (Å²) in [5.41, 5.74) is 12.9. The van der Waals surface area contributed by atoms with Crippen molar-refractivity contribution < 1.29 is 0 Å². The predicted octanol–water partition coefficient (Wildman–Crippen LogP) is 1.10. The standard InChI is InChI=1S/C10H20N2/c1-9(2)6-4-5-10(9,3)8(12)7(6)11/h6-8H,4-5,11-12H2,1-3H3/t6-,7-,8-,10-/m1/s1. The highest BCUT2D eigenvalue weighted by Crippen LogP contribution is 2.64. The lowest BCUT2D eigenvalue weighted by atomic mass is 9.69. The average Bonchev–Trinajstić information content (AvgIpc) is 2.26. The van der Waals surface area contributed by atoms with Gasteiger partial charge < -0.3 is 11.5 Å². The van der Waals surface area contributed by atoms with Crippen molar-refractivity contribution in [2.24, 2.45) is 28.2 Å². The third kappa shape index (κ3) is 0.647. The van der Waals surface area contributed by atoms with E-state index in [4.69, 9.17) is 11.5 Å². The lowest BCUT2D eigenvalue weighted by molar-refractivity contribution is 0.136. The maximum atomic E-state index is 6.15. The number of hydrogen-bond acceptors (Lipinski definition) is 2. The van der Waals surface area contributed by atoms with Crippen molar-refractivity contribution >= 4 is 0 Å². The summed E-state index contributed by atoms with van der Waals surface area (Å²) in [4.78, 5) is 0. The van der Waals surface area contributed by atoms with Crippen LogP contribution in [0, 0.1) is 16.7 Å². The first-order chi connectivity index (χ1) is 5.41. The molecule has 12 heavy (non-hydrogen) atoms. The molecule has 0 saturated heterocycles. The third-order valence-corrected chi connectivity index (χ3v) is 4.99. The quantitative estimate of drug-likeness (QED) is 0.569. The van der Waals surface area contributed by atoms with Crippen LogP contribution in [-0.4, -0.2) is 12.1 Å².